The molecule has 0 amide bonds. The Morgan fingerprint density at radius 1 is 1.04 bits per heavy atom. The van der Waals surface area contributed by atoms with Gasteiger partial charge in [0.15, 0.2) is 11.5 Å². The van der Waals surface area contributed by atoms with E-state index in [1.165, 1.54) is 18.3 Å². The van der Waals surface area contributed by atoms with Crippen LogP contribution in [0.5, 0.6) is 0 Å². The molecule has 0 aliphatic carbocycles. The number of aromatic nitrogens is 2. The number of halogens is 2. The van der Waals surface area contributed by atoms with Crippen LogP contribution < -0.4 is 0 Å². The summed E-state index contributed by atoms with van der Waals surface area (Å²) in [4.78, 5) is 16.0. The van der Waals surface area contributed by atoms with Crippen LogP contribution in [0.3, 0.4) is 0 Å². The fourth-order valence-electron chi connectivity index (χ4n) is 2.50. The minimum Gasteiger partial charge on any atom is -0.452 e. The van der Waals surface area contributed by atoms with Crippen molar-refractivity contribution in [1.82, 2.24) is 10.1 Å². The van der Waals surface area contributed by atoms with E-state index >= 15 is 0 Å². The monoisotopic (exact) mass is 382 g/mol. The SMILES string of the molecule is O=C(OCc1cc(-c2ccc(F)cc2F)on1)c1ncc(-c2ccccc2)o1. The van der Waals surface area contributed by atoms with Gasteiger partial charge in [-0.3, -0.25) is 0 Å². The summed E-state index contributed by atoms with van der Waals surface area (Å²) < 4.78 is 42.3. The van der Waals surface area contributed by atoms with Crippen LogP contribution in [0, 0.1) is 11.6 Å². The minimum absolute atomic E-state index is 0.0479. The van der Waals surface area contributed by atoms with Crippen LogP contribution in [0.25, 0.3) is 22.6 Å². The van der Waals surface area contributed by atoms with Gasteiger partial charge in [0.25, 0.3) is 0 Å². The molecule has 0 atom stereocenters. The Kier molecular flexibility index (Phi) is 4.67. The summed E-state index contributed by atoms with van der Waals surface area (Å²) in [6.07, 6.45) is 1.43. The van der Waals surface area contributed by atoms with Crippen molar-refractivity contribution in [3.05, 3.63) is 84.0 Å². The van der Waals surface area contributed by atoms with Crippen molar-refractivity contribution in [2.75, 3.05) is 0 Å². The third-order valence-electron chi connectivity index (χ3n) is 3.85. The predicted molar refractivity (Wildman–Crippen MR) is 92.9 cm³/mol. The zero-order valence-electron chi connectivity index (χ0n) is 14.3. The molecule has 0 bridgehead atoms. The van der Waals surface area contributed by atoms with Crippen LogP contribution in [0.15, 0.2) is 69.7 Å². The van der Waals surface area contributed by atoms with Crippen molar-refractivity contribution in [3.8, 4) is 22.6 Å². The zero-order valence-corrected chi connectivity index (χ0v) is 14.3. The molecule has 0 radical (unpaired) electrons. The van der Waals surface area contributed by atoms with Gasteiger partial charge in [0, 0.05) is 17.7 Å². The molecule has 2 heterocycles. The van der Waals surface area contributed by atoms with E-state index in [1.54, 1.807) is 0 Å². The van der Waals surface area contributed by atoms with E-state index in [2.05, 4.69) is 10.1 Å². The lowest BCUT2D eigenvalue weighted by atomic mass is 10.1. The summed E-state index contributed by atoms with van der Waals surface area (Å²) in [6, 6.07) is 13.6. The Hall–Kier alpha value is -3.81. The summed E-state index contributed by atoms with van der Waals surface area (Å²) in [5, 5.41) is 3.71. The molecule has 4 aromatic rings. The van der Waals surface area contributed by atoms with Crippen LogP contribution >= 0.6 is 0 Å². The molecular formula is C20H12F2N2O4. The molecule has 0 saturated heterocycles. The largest absolute Gasteiger partial charge is 0.452 e. The molecule has 140 valence electrons. The van der Waals surface area contributed by atoms with E-state index < -0.39 is 17.6 Å². The number of nitrogens with zero attached hydrogens (tertiary/aromatic N) is 2. The van der Waals surface area contributed by atoms with Crippen LogP contribution in [0.2, 0.25) is 0 Å². The van der Waals surface area contributed by atoms with Crippen molar-refractivity contribution in [2.24, 2.45) is 0 Å². The lowest BCUT2D eigenvalue weighted by Crippen LogP contribution is -2.05. The second kappa shape index (κ2) is 7.43. The minimum atomic E-state index is -0.784. The highest BCUT2D eigenvalue weighted by molar-refractivity contribution is 5.84. The molecule has 8 heteroatoms. The zero-order chi connectivity index (χ0) is 19.5. The highest BCUT2D eigenvalue weighted by atomic mass is 19.1. The number of carbonyl (C=O) groups is 1. The Morgan fingerprint density at radius 2 is 1.86 bits per heavy atom. The second-order valence-electron chi connectivity index (χ2n) is 5.78. The van der Waals surface area contributed by atoms with Crippen LogP contribution in [0.4, 0.5) is 8.78 Å². The predicted octanol–water partition coefficient (Wildman–Crippen LogP) is 4.63. The summed E-state index contributed by atoms with van der Waals surface area (Å²) in [6.45, 7) is -0.228. The molecule has 4 rings (SSSR count). The second-order valence-corrected chi connectivity index (χ2v) is 5.78. The van der Waals surface area contributed by atoms with Crippen molar-refractivity contribution < 1.29 is 27.3 Å². The molecule has 2 aromatic carbocycles. The molecule has 0 unspecified atom stereocenters. The Labute approximate surface area is 157 Å². The quantitative estimate of drug-likeness (QED) is 0.468. The smallest absolute Gasteiger partial charge is 0.395 e. The van der Waals surface area contributed by atoms with E-state index in [0.29, 0.717) is 5.76 Å². The average molecular weight is 382 g/mol. The van der Waals surface area contributed by atoms with E-state index in [-0.39, 0.29) is 29.5 Å². The lowest BCUT2D eigenvalue weighted by molar-refractivity contribution is 0.0419. The van der Waals surface area contributed by atoms with Crippen LogP contribution in [-0.4, -0.2) is 16.1 Å². The van der Waals surface area contributed by atoms with Crippen LogP contribution in [-0.2, 0) is 11.3 Å². The van der Waals surface area contributed by atoms with Crippen molar-refractivity contribution in [1.29, 1.82) is 0 Å². The molecule has 0 saturated carbocycles. The van der Waals surface area contributed by atoms with Gasteiger partial charge in [-0.25, -0.2) is 18.6 Å². The van der Waals surface area contributed by atoms with Gasteiger partial charge in [0.05, 0.1) is 11.8 Å². The number of hydrogen-bond donors (Lipinski definition) is 0. The van der Waals surface area contributed by atoms with Gasteiger partial charge in [0.2, 0.25) is 0 Å². The summed E-state index contributed by atoms with van der Waals surface area (Å²) in [5.41, 5.74) is 1.07. The van der Waals surface area contributed by atoms with Gasteiger partial charge < -0.3 is 13.7 Å². The average Bonchev–Trinajstić information content (AvgIpc) is 3.37. The van der Waals surface area contributed by atoms with Crippen LogP contribution in [0.1, 0.15) is 16.4 Å². The van der Waals surface area contributed by atoms with Gasteiger partial charge >= 0.3 is 11.9 Å². The fraction of sp³-hybridized carbons (Fsp3) is 0.0500. The molecular weight excluding hydrogens is 370 g/mol. The van der Waals surface area contributed by atoms with Crippen molar-refractivity contribution in [2.45, 2.75) is 6.61 Å². The first-order valence-corrected chi connectivity index (χ1v) is 8.19. The number of oxazole rings is 1. The summed E-state index contributed by atoms with van der Waals surface area (Å²) in [5.74, 6) is -1.94. The van der Waals surface area contributed by atoms with Crippen molar-refractivity contribution >= 4 is 5.97 Å². The molecule has 6 nitrogen and oxygen atoms in total. The molecule has 28 heavy (non-hydrogen) atoms. The molecule has 0 aliphatic heterocycles. The summed E-state index contributed by atoms with van der Waals surface area (Å²) >= 11 is 0. The number of rotatable bonds is 5. The highest BCUT2D eigenvalue weighted by Crippen LogP contribution is 2.25. The van der Waals surface area contributed by atoms with E-state index in [1.807, 2.05) is 30.3 Å². The maximum atomic E-state index is 13.8. The normalized spacial score (nSPS) is 10.8. The number of ether oxygens (including phenoxy) is 1. The molecule has 0 aliphatic rings. The lowest BCUT2D eigenvalue weighted by Gasteiger charge is -1.99. The highest BCUT2D eigenvalue weighted by Gasteiger charge is 2.18. The van der Waals surface area contributed by atoms with Gasteiger partial charge in [-0.2, -0.15) is 0 Å². The molecule has 0 N–H and O–H groups in total. The van der Waals surface area contributed by atoms with Gasteiger partial charge in [-0.15, -0.1) is 0 Å². The van der Waals surface area contributed by atoms with E-state index in [0.717, 1.165) is 17.7 Å². The third-order valence-corrected chi connectivity index (χ3v) is 3.85. The van der Waals surface area contributed by atoms with Gasteiger partial charge in [0.1, 0.15) is 23.9 Å². The first-order chi connectivity index (χ1) is 13.6. The Balaban J connectivity index is 1.42. The number of benzene rings is 2. The summed E-state index contributed by atoms with van der Waals surface area (Å²) in [7, 11) is 0. The third kappa shape index (κ3) is 3.66. The maximum Gasteiger partial charge on any atom is 0.395 e. The van der Waals surface area contributed by atoms with E-state index in [4.69, 9.17) is 13.7 Å². The fourth-order valence-corrected chi connectivity index (χ4v) is 2.50. The van der Waals surface area contributed by atoms with Gasteiger partial charge in [-0.05, 0) is 12.1 Å². The number of esters is 1. The molecule has 0 spiro atoms. The molecule has 2 aromatic heterocycles. The Morgan fingerprint density at radius 3 is 2.64 bits per heavy atom. The number of carbonyl (C=O) groups excluding carboxylic acids is 1. The van der Waals surface area contributed by atoms with E-state index in [9.17, 15) is 13.6 Å². The Bertz CT molecular complexity index is 1120. The number of hydrogen-bond acceptors (Lipinski definition) is 6. The first kappa shape index (κ1) is 17.6. The maximum absolute atomic E-state index is 13.8. The standard InChI is InChI=1S/C20H12F2N2O4/c21-13-6-7-15(16(22)8-13)17-9-14(24-28-17)11-26-20(25)19-23-10-18(27-19)12-4-2-1-3-5-12/h1-10H,11H2. The first-order valence-electron chi connectivity index (χ1n) is 8.19. The van der Waals surface area contributed by atoms with Crippen molar-refractivity contribution in [3.63, 3.8) is 0 Å². The topological polar surface area (TPSA) is 78.4 Å². The molecule has 0 fully saturated rings. The van der Waals surface area contributed by atoms with Gasteiger partial charge in [-0.1, -0.05) is 35.5 Å².